The van der Waals surface area contributed by atoms with Gasteiger partial charge >= 0.3 is 0 Å². The van der Waals surface area contributed by atoms with Crippen molar-refractivity contribution in [3.63, 3.8) is 0 Å². The van der Waals surface area contributed by atoms with Crippen molar-refractivity contribution in [1.29, 1.82) is 0 Å². The number of benzene rings is 8. The molecule has 3 aromatic heterocycles. The smallest absolute Gasteiger partial charge is 0.248 e. The van der Waals surface area contributed by atoms with Gasteiger partial charge in [0.25, 0.3) is 0 Å². The van der Waals surface area contributed by atoms with Crippen LogP contribution in [0.3, 0.4) is 0 Å². The number of fused-ring (bicyclic) bond motifs is 6. The van der Waals surface area contributed by atoms with Crippen molar-refractivity contribution in [2.45, 2.75) is 0 Å². The van der Waals surface area contributed by atoms with E-state index in [-0.39, 0.29) is 0 Å². The highest BCUT2D eigenvalue weighted by Crippen LogP contribution is 2.38. The van der Waals surface area contributed by atoms with E-state index in [1.165, 1.54) is 43.7 Å². The van der Waals surface area contributed by atoms with Gasteiger partial charge in [0.1, 0.15) is 0 Å². The van der Waals surface area contributed by atoms with E-state index < -0.39 is 0 Å². The first-order chi connectivity index (χ1) is 27.3. The van der Waals surface area contributed by atoms with E-state index in [2.05, 4.69) is 183 Å². The molecule has 0 spiro atoms. The number of aromatic nitrogens is 4. The molecular weight excluding hydrogens is 673 g/mol. The fourth-order valence-corrected chi connectivity index (χ4v) is 8.11. The molecular formula is C50H32N4O. The molecule has 11 aromatic rings. The molecule has 0 amide bonds. The first kappa shape index (κ1) is 31.1. The maximum absolute atomic E-state index is 6.22. The molecule has 11 rings (SSSR count). The van der Waals surface area contributed by atoms with E-state index in [4.69, 9.17) is 4.42 Å². The summed E-state index contributed by atoms with van der Waals surface area (Å²) in [6, 6.07) is 68.5. The summed E-state index contributed by atoms with van der Waals surface area (Å²) in [5, 5.41) is 13.7. The van der Waals surface area contributed by atoms with E-state index in [1.807, 2.05) is 30.3 Å². The van der Waals surface area contributed by atoms with Gasteiger partial charge in [-0.05, 0) is 107 Å². The average Bonchev–Trinajstić information content (AvgIpc) is 3.97. The fraction of sp³-hybridized carbons (Fsp3) is 0. The van der Waals surface area contributed by atoms with E-state index in [9.17, 15) is 0 Å². The van der Waals surface area contributed by atoms with Gasteiger partial charge < -0.3 is 13.6 Å². The Morgan fingerprint density at radius 2 is 0.727 bits per heavy atom. The van der Waals surface area contributed by atoms with Crippen LogP contribution in [0.25, 0.3) is 100 Å². The second-order valence-electron chi connectivity index (χ2n) is 13.9. The molecule has 0 aliphatic carbocycles. The molecule has 55 heavy (non-hydrogen) atoms. The Balaban J connectivity index is 0.955. The Morgan fingerprint density at radius 1 is 0.291 bits per heavy atom. The molecule has 5 heteroatoms. The molecule has 0 fully saturated rings. The highest BCUT2D eigenvalue weighted by molar-refractivity contribution is 6.12. The van der Waals surface area contributed by atoms with Gasteiger partial charge in [0, 0.05) is 44.0 Å². The molecule has 0 N–H and O–H groups in total. The fourth-order valence-electron chi connectivity index (χ4n) is 8.11. The van der Waals surface area contributed by atoms with Crippen molar-refractivity contribution in [2.75, 3.05) is 0 Å². The lowest BCUT2D eigenvalue weighted by atomic mass is 10.0. The summed E-state index contributed by atoms with van der Waals surface area (Å²) in [6.07, 6.45) is 0. The normalized spacial score (nSPS) is 11.6. The van der Waals surface area contributed by atoms with Crippen molar-refractivity contribution in [1.82, 2.24) is 19.3 Å². The van der Waals surface area contributed by atoms with Gasteiger partial charge in [-0.15, -0.1) is 10.2 Å². The SMILES string of the molecule is c1ccc(-c2cccc(-c3nnc(-c4ccc(-n5c6ccccc6c6cc(-c7ccc8c(c7)c7ccccc7n8-c7ccccc7)ccc65)cc4)o3)c2)cc1. The van der Waals surface area contributed by atoms with Crippen LogP contribution < -0.4 is 0 Å². The molecule has 8 aromatic carbocycles. The predicted octanol–water partition coefficient (Wildman–Crippen LogP) is 12.9. The molecule has 0 aliphatic rings. The minimum absolute atomic E-state index is 0.488. The highest BCUT2D eigenvalue weighted by Gasteiger charge is 2.17. The molecule has 0 saturated heterocycles. The number of rotatable bonds is 6. The Bertz CT molecular complexity index is 3190. The molecule has 0 bridgehead atoms. The molecule has 5 nitrogen and oxygen atoms in total. The molecule has 0 aliphatic heterocycles. The number of nitrogens with zero attached hydrogens (tertiary/aromatic N) is 4. The zero-order chi connectivity index (χ0) is 36.3. The van der Waals surface area contributed by atoms with E-state index in [0.29, 0.717) is 11.8 Å². The van der Waals surface area contributed by atoms with Crippen LogP contribution in [0, 0.1) is 0 Å². The van der Waals surface area contributed by atoms with Crippen molar-refractivity contribution in [2.24, 2.45) is 0 Å². The summed E-state index contributed by atoms with van der Waals surface area (Å²) in [5.41, 5.74) is 13.3. The minimum Gasteiger partial charge on any atom is -0.416 e. The Labute approximate surface area is 317 Å². The van der Waals surface area contributed by atoms with Gasteiger partial charge in [-0.2, -0.15) is 0 Å². The van der Waals surface area contributed by atoms with Gasteiger partial charge in [-0.25, -0.2) is 0 Å². The maximum atomic E-state index is 6.22. The van der Waals surface area contributed by atoms with Gasteiger partial charge in [-0.3, -0.25) is 0 Å². The standard InChI is InChI=1S/C50H32N4O/c1-3-12-33(13-4-1)35-14-11-15-38(30-35)50-52-51-49(55-50)34-22-26-40(27-23-34)54-46-21-10-8-19-42(46)44-32-37(25-29-48(44)54)36-24-28-47-43(31-36)41-18-7-9-20-45(41)53(47)39-16-5-2-6-17-39/h1-32H. The molecule has 0 unspecified atom stereocenters. The average molecular weight is 705 g/mol. The quantitative estimate of drug-likeness (QED) is 0.173. The monoisotopic (exact) mass is 704 g/mol. The first-order valence-electron chi connectivity index (χ1n) is 18.5. The first-order valence-corrected chi connectivity index (χ1v) is 18.5. The lowest BCUT2D eigenvalue weighted by molar-refractivity contribution is 0.584. The topological polar surface area (TPSA) is 48.8 Å². The van der Waals surface area contributed by atoms with E-state index >= 15 is 0 Å². The van der Waals surface area contributed by atoms with Crippen molar-refractivity contribution < 1.29 is 4.42 Å². The predicted molar refractivity (Wildman–Crippen MR) is 225 cm³/mol. The second-order valence-corrected chi connectivity index (χ2v) is 13.9. The summed E-state index contributed by atoms with van der Waals surface area (Å²) in [4.78, 5) is 0. The van der Waals surface area contributed by atoms with Crippen LogP contribution in [0.1, 0.15) is 0 Å². The Morgan fingerprint density at radius 3 is 1.35 bits per heavy atom. The zero-order valence-electron chi connectivity index (χ0n) is 29.7. The van der Waals surface area contributed by atoms with E-state index in [0.717, 1.165) is 44.7 Å². The van der Waals surface area contributed by atoms with Crippen molar-refractivity contribution >= 4 is 43.6 Å². The molecule has 258 valence electrons. The number of hydrogen-bond acceptors (Lipinski definition) is 3. The van der Waals surface area contributed by atoms with Crippen LogP contribution in [0.5, 0.6) is 0 Å². The van der Waals surface area contributed by atoms with Crippen molar-refractivity contribution in [3.8, 4) is 56.5 Å². The van der Waals surface area contributed by atoms with Gasteiger partial charge in [-0.1, -0.05) is 109 Å². The Hall–Kier alpha value is -7.50. The zero-order valence-corrected chi connectivity index (χ0v) is 29.7. The maximum Gasteiger partial charge on any atom is 0.248 e. The molecule has 0 saturated carbocycles. The molecule has 0 atom stereocenters. The number of para-hydroxylation sites is 3. The number of hydrogen-bond donors (Lipinski definition) is 0. The lowest BCUT2D eigenvalue weighted by Crippen LogP contribution is -1.94. The van der Waals surface area contributed by atoms with E-state index in [1.54, 1.807) is 0 Å². The highest BCUT2D eigenvalue weighted by atomic mass is 16.4. The summed E-state index contributed by atoms with van der Waals surface area (Å²) in [5.74, 6) is 0.985. The van der Waals surface area contributed by atoms with Gasteiger partial charge in [0.05, 0.1) is 22.1 Å². The van der Waals surface area contributed by atoms with Crippen LogP contribution in [0.4, 0.5) is 0 Å². The summed E-state index contributed by atoms with van der Waals surface area (Å²) in [7, 11) is 0. The van der Waals surface area contributed by atoms with Gasteiger partial charge in [0.15, 0.2) is 0 Å². The van der Waals surface area contributed by atoms with Crippen LogP contribution >= 0.6 is 0 Å². The van der Waals surface area contributed by atoms with Crippen LogP contribution in [0.2, 0.25) is 0 Å². The summed E-state index contributed by atoms with van der Waals surface area (Å²) >= 11 is 0. The third-order valence-electron chi connectivity index (χ3n) is 10.7. The van der Waals surface area contributed by atoms with Crippen LogP contribution in [-0.4, -0.2) is 19.3 Å². The van der Waals surface area contributed by atoms with Crippen molar-refractivity contribution in [3.05, 3.63) is 194 Å². The van der Waals surface area contributed by atoms with Gasteiger partial charge in [0.2, 0.25) is 11.8 Å². The van der Waals surface area contributed by atoms with Crippen LogP contribution in [-0.2, 0) is 0 Å². The molecule has 0 radical (unpaired) electrons. The van der Waals surface area contributed by atoms with Crippen LogP contribution in [0.15, 0.2) is 199 Å². The molecule has 3 heterocycles. The minimum atomic E-state index is 0.488. The Kier molecular flexibility index (Phi) is 7.10. The second kappa shape index (κ2) is 12.6. The lowest BCUT2D eigenvalue weighted by Gasteiger charge is -2.09. The summed E-state index contributed by atoms with van der Waals surface area (Å²) in [6.45, 7) is 0. The largest absolute Gasteiger partial charge is 0.416 e. The third kappa shape index (κ3) is 5.17. The third-order valence-corrected chi connectivity index (χ3v) is 10.7. The summed E-state index contributed by atoms with van der Waals surface area (Å²) < 4.78 is 10.9.